The van der Waals surface area contributed by atoms with Gasteiger partial charge in [-0.3, -0.25) is 4.79 Å². The van der Waals surface area contributed by atoms with Gasteiger partial charge in [-0.05, 0) is 26.2 Å². The number of carbonyl (C=O) groups excluding carboxylic acids is 1. The SMILES string of the molecule is CCNC(=NCC(=O)N(C)C)NC1C2CCOC2C12CCC2. The van der Waals surface area contributed by atoms with Crippen LogP contribution in [0.1, 0.15) is 32.6 Å². The minimum absolute atomic E-state index is 0.0197. The van der Waals surface area contributed by atoms with Crippen LogP contribution >= 0.6 is 0 Å². The Bertz CT molecular complexity index is 459. The molecule has 1 spiro atoms. The Morgan fingerprint density at radius 1 is 1.41 bits per heavy atom. The van der Waals surface area contributed by atoms with Crippen LogP contribution in [0, 0.1) is 11.3 Å². The number of hydrogen-bond acceptors (Lipinski definition) is 3. The van der Waals surface area contributed by atoms with Crippen molar-refractivity contribution in [3.63, 3.8) is 0 Å². The first-order valence-corrected chi connectivity index (χ1v) is 8.45. The Morgan fingerprint density at radius 2 is 2.18 bits per heavy atom. The maximum Gasteiger partial charge on any atom is 0.243 e. The third-order valence-electron chi connectivity index (χ3n) is 5.54. The van der Waals surface area contributed by atoms with E-state index in [9.17, 15) is 4.79 Å². The lowest BCUT2D eigenvalue weighted by Crippen LogP contribution is -2.72. The molecule has 2 aliphatic carbocycles. The number of guanidine groups is 1. The van der Waals surface area contributed by atoms with Gasteiger partial charge in [-0.2, -0.15) is 0 Å². The average molecular weight is 308 g/mol. The molecule has 2 N–H and O–H groups in total. The number of aliphatic imine (C=N–C) groups is 1. The molecule has 0 aromatic heterocycles. The van der Waals surface area contributed by atoms with Crippen LogP contribution in [-0.2, 0) is 9.53 Å². The molecule has 3 fully saturated rings. The summed E-state index contributed by atoms with van der Waals surface area (Å²) in [7, 11) is 3.52. The summed E-state index contributed by atoms with van der Waals surface area (Å²) in [6, 6.07) is 0.445. The Morgan fingerprint density at radius 3 is 2.77 bits per heavy atom. The van der Waals surface area contributed by atoms with E-state index in [1.54, 1.807) is 19.0 Å². The molecular weight excluding hydrogens is 280 g/mol. The number of fused-ring (bicyclic) bond motifs is 2. The van der Waals surface area contributed by atoms with Gasteiger partial charge in [-0.25, -0.2) is 4.99 Å². The fraction of sp³-hybridized carbons (Fsp3) is 0.875. The molecule has 1 amide bonds. The van der Waals surface area contributed by atoms with Gasteiger partial charge in [0.1, 0.15) is 6.54 Å². The summed E-state index contributed by atoms with van der Waals surface area (Å²) in [4.78, 5) is 17.8. The molecule has 22 heavy (non-hydrogen) atoms. The van der Waals surface area contributed by atoms with Gasteiger partial charge in [0.25, 0.3) is 0 Å². The van der Waals surface area contributed by atoms with E-state index in [1.165, 1.54) is 19.3 Å². The molecule has 2 saturated carbocycles. The number of carbonyl (C=O) groups is 1. The first kappa shape index (κ1) is 15.6. The van der Waals surface area contributed by atoms with Crippen LogP contribution in [-0.4, -0.2) is 62.7 Å². The summed E-state index contributed by atoms with van der Waals surface area (Å²) in [5.74, 6) is 1.39. The molecule has 6 nitrogen and oxygen atoms in total. The predicted octanol–water partition coefficient (Wildman–Crippen LogP) is 0.587. The summed E-state index contributed by atoms with van der Waals surface area (Å²) >= 11 is 0. The monoisotopic (exact) mass is 308 g/mol. The summed E-state index contributed by atoms with van der Waals surface area (Å²) in [5.41, 5.74) is 0.322. The zero-order valence-electron chi connectivity index (χ0n) is 13.9. The van der Waals surface area contributed by atoms with E-state index >= 15 is 0 Å². The minimum atomic E-state index is 0.0197. The number of nitrogens with one attached hydrogen (secondary N) is 2. The first-order chi connectivity index (χ1) is 10.6. The maximum atomic E-state index is 11.7. The molecule has 6 heteroatoms. The minimum Gasteiger partial charge on any atom is -0.377 e. The van der Waals surface area contributed by atoms with Crippen LogP contribution in [0.4, 0.5) is 0 Å². The standard InChI is InChI=1S/C16H28N4O2/c1-4-17-15(18-10-12(21)20(2)3)19-13-11-6-9-22-14(11)16(13)7-5-8-16/h11,13-14H,4-10H2,1-3H3,(H2,17,18,19). The number of rotatable bonds is 4. The van der Waals surface area contributed by atoms with E-state index in [2.05, 4.69) is 15.6 Å². The van der Waals surface area contributed by atoms with Crippen molar-refractivity contribution < 1.29 is 9.53 Å². The fourth-order valence-corrected chi connectivity index (χ4v) is 4.21. The van der Waals surface area contributed by atoms with Crippen molar-refractivity contribution >= 4 is 11.9 Å². The Hall–Kier alpha value is -1.30. The molecule has 0 aromatic carbocycles. The van der Waals surface area contributed by atoms with Gasteiger partial charge in [0, 0.05) is 44.6 Å². The van der Waals surface area contributed by atoms with E-state index in [0.29, 0.717) is 23.5 Å². The summed E-state index contributed by atoms with van der Waals surface area (Å²) in [5, 5.41) is 6.87. The van der Waals surface area contributed by atoms with Crippen LogP contribution in [0.3, 0.4) is 0 Å². The molecule has 1 saturated heterocycles. The van der Waals surface area contributed by atoms with Crippen molar-refractivity contribution in [2.24, 2.45) is 16.3 Å². The van der Waals surface area contributed by atoms with Gasteiger partial charge in [0.2, 0.25) is 5.91 Å². The fourth-order valence-electron chi connectivity index (χ4n) is 4.21. The van der Waals surface area contributed by atoms with E-state index < -0.39 is 0 Å². The third kappa shape index (κ3) is 2.47. The van der Waals surface area contributed by atoms with Gasteiger partial charge in [-0.15, -0.1) is 0 Å². The van der Waals surface area contributed by atoms with Gasteiger partial charge in [0.05, 0.1) is 6.10 Å². The van der Waals surface area contributed by atoms with Crippen molar-refractivity contribution in [2.75, 3.05) is 33.8 Å². The number of hydrogen-bond donors (Lipinski definition) is 2. The molecule has 3 rings (SSSR count). The maximum absolute atomic E-state index is 11.7. The van der Waals surface area contributed by atoms with Crippen LogP contribution in [0.25, 0.3) is 0 Å². The lowest BCUT2D eigenvalue weighted by atomic mass is 9.46. The second-order valence-electron chi connectivity index (χ2n) is 6.94. The molecule has 1 heterocycles. The van der Waals surface area contributed by atoms with Crippen LogP contribution in [0.5, 0.6) is 0 Å². The Balaban J connectivity index is 1.65. The lowest BCUT2D eigenvalue weighted by Gasteiger charge is -2.63. The smallest absolute Gasteiger partial charge is 0.243 e. The second kappa shape index (κ2) is 6.07. The molecule has 0 bridgehead atoms. The molecule has 124 valence electrons. The van der Waals surface area contributed by atoms with Gasteiger partial charge in [-0.1, -0.05) is 6.42 Å². The average Bonchev–Trinajstić information content (AvgIpc) is 2.84. The highest BCUT2D eigenvalue weighted by Gasteiger charge is 2.66. The molecule has 1 aliphatic heterocycles. The number of ether oxygens (including phenoxy) is 1. The van der Waals surface area contributed by atoms with E-state index in [0.717, 1.165) is 25.5 Å². The Labute approximate surface area is 132 Å². The van der Waals surface area contributed by atoms with Crippen molar-refractivity contribution in [3.8, 4) is 0 Å². The zero-order valence-corrected chi connectivity index (χ0v) is 13.9. The number of nitrogens with zero attached hydrogens (tertiary/aromatic N) is 2. The molecule has 3 atom stereocenters. The first-order valence-electron chi connectivity index (χ1n) is 8.45. The zero-order chi connectivity index (χ0) is 15.7. The Kier molecular flexibility index (Phi) is 4.30. The van der Waals surface area contributed by atoms with Crippen molar-refractivity contribution in [1.29, 1.82) is 0 Å². The normalized spacial score (nSPS) is 32.0. The molecular formula is C16H28N4O2. The van der Waals surface area contributed by atoms with Crippen LogP contribution in [0.2, 0.25) is 0 Å². The second-order valence-corrected chi connectivity index (χ2v) is 6.94. The summed E-state index contributed by atoms with van der Waals surface area (Å²) < 4.78 is 5.95. The van der Waals surface area contributed by atoms with Gasteiger partial charge < -0.3 is 20.3 Å². The molecule has 0 radical (unpaired) electrons. The van der Waals surface area contributed by atoms with Gasteiger partial charge >= 0.3 is 0 Å². The van der Waals surface area contributed by atoms with Crippen molar-refractivity contribution in [3.05, 3.63) is 0 Å². The van der Waals surface area contributed by atoms with E-state index in [-0.39, 0.29) is 12.5 Å². The summed E-state index contributed by atoms with van der Waals surface area (Å²) in [6.07, 6.45) is 5.39. The highest BCUT2D eigenvalue weighted by molar-refractivity contribution is 5.85. The number of amides is 1. The third-order valence-corrected chi connectivity index (χ3v) is 5.54. The van der Waals surface area contributed by atoms with Crippen molar-refractivity contribution in [2.45, 2.75) is 44.8 Å². The summed E-state index contributed by atoms with van der Waals surface area (Å²) in [6.45, 7) is 3.92. The quantitative estimate of drug-likeness (QED) is 0.589. The predicted molar refractivity (Wildman–Crippen MR) is 85.7 cm³/mol. The molecule has 0 aromatic rings. The van der Waals surface area contributed by atoms with E-state index in [1.807, 2.05) is 6.92 Å². The van der Waals surface area contributed by atoms with Crippen LogP contribution in [0.15, 0.2) is 4.99 Å². The van der Waals surface area contributed by atoms with Crippen LogP contribution < -0.4 is 10.6 Å². The lowest BCUT2D eigenvalue weighted by molar-refractivity contribution is -0.171. The van der Waals surface area contributed by atoms with E-state index in [4.69, 9.17) is 4.74 Å². The largest absolute Gasteiger partial charge is 0.377 e. The van der Waals surface area contributed by atoms with Crippen molar-refractivity contribution in [1.82, 2.24) is 15.5 Å². The molecule has 3 aliphatic rings. The highest BCUT2D eigenvalue weighted by Crippen LogP contribution is 2.62. The topological polar surface area (TPSA) is 66.0 Å². The molecule has 3 unspecified atom stereocenters. The number of likely N-dealkylation sites (N-methyl/N-ethyl adjacent to an activating group) is 1. The van der Waals surface area contributed by atoms with Gasteiger partial charge in [0.15, 0.2) is 5.96 Å². The highest BCUT2D eigenvalue weighted by atomic mass is 16.5.